The van der Waals surface area contributed by atoms with E-state index in [-0.39, 0.29) is 18.0 Å². The molecule has 0 bridgehead atoms. The van der Waals surface area contributed by atoms with E-state index in [0.717, 1.165) is 53.9 Å². The van der Waals surface area contributed by atoms with Crippen LogP contribution in [0, 0.1) is 19.8 Å². The summed E-state index contributed by atoms with van der Waals surface area (Å²) in [6, 6.07) is 8.30. The number of nitrogens with zero attached hydrogens (tertiary/aromatic N) is 3. The lowest BCUT2D eigenvalue weighted by Gasteiger charge is -2.41. The molecule has 1 amide bonds. The number of pyridine rings is 1. The van der Waals surface area contributed by atoms with Gasteiger partial charge < -0.3 is 4.90 Å². The van der Waals surface area contributed by atoms with Crippen molar-refractivity contribution in [2.24, 2.45) is 5.92 Å². The Morgan fingerprint density at radius 3 is 2.55 bits per heavy atom. The normalized spacial score (nSPS) is 21.6. The Morgan fingerprint density at radius 1 is 1.07 bits per heavy atom. The number of fused-ring (bicyclic) bond motifs is 1. The number of likely N-dealkylation sites (tertiary alicyclic amines) is 2. The molecule has 4 rings (SSSR count). The zero-order valence-corrected chi connectivity index (χ0v) is 18.0. The van der Waals surface area contributed by atoms with E-state index in [2.05, 4.69) is 11.8 Å². The van der Waals surface area contributed by atoms with Gasteiger partial charge >= 0.3 is 0 Å². The molecule has 0 saturated carbocycles. The quantitative estimate of drug-likeness (QED) is 0.801. The van der Waals surface area contributed by atoms with Gasteiger partial charge in [-0.1, -0.05) is 25.1 Å². The van der Waals surface area contributed by atoms with Crippen LogP contribution in [0.1, 0.15) is 43.7 Å². The summed E-state index contributed by atoms with van der Waals surface area (Å²) in [7, 11) is 0. The van der Waals surface area contributed by atoms with Gasteiger partial charge in [0.1, 0.15) is 6.54 Å². The first kappa shape index (κ1) is 20.1. The van der Waals surface area contributed by atoms with Crippen molar-refractivity contribution in [3.05, 3.63) is 45.7 Å². The van der Waals surface area contributed by atoms with Gasteiger partial charge in [0, 0.05) is 37.1 Å². The highest BCUT2D eigenvalue weighted by Gasteiger charge is 2.29. The second kappa shape index (κ2) is 8.31. The van der Waals surface area contributed by atoms with Crippen LogP contribution in [0.2, 0.25) is 0 Å². The average Bonchev–Trinajstić information content (AvgIpc) is 2.71. The molecule has 5 nitrogen and oxygen atoms in total. The molecule has 0 radical (unpaired) electrons. The molecular formula is C24H33N3O2. The molecule has 0 aliphatic carbocycles. The lowest BCUT2D eigenvalue weighted by Crippen LogP contribution is -2.50. The predicted molar refractivity (Wildman–Crippen MR) is 117 cm³/mol. The van der Waals surface area contributed by atoms with Crippen LogP contribution in [0.5, 0.6) is 0 Å². The molecule has 2 fully saturated rings. The van der Waals surface area contributed by atoms with Gasteiger partial charge in [-0.25, -0.2) is 0 Å². The largest absolute Gasteiger partial charge is 0.341 e. The van der Waals surface area contributed by atoms with Crippen LogP contribution in [-0.2, 0) is 11.3 Å². The number of rotatable bonds is 3. The van der Waals surface area contributed by atoms with E-state index >= 15 is 0 Å². The average molecular weight is 396 g/mol. The van der Waals surface area contributed by atoms with Gasteiger partial charge in [0.05, 0.1) is 5.52 Å². The number of benzene rings is 1. The van der Waals surface area contributed by atoms with Crippen molar-refractivity contribution in [2.75, 3.05) is 26.2 Å². The lowest BCUT2D eigenvalue weighted by atomic mass is 9.95. The predicted octanol–water partition coefficient (Wildman–Crippen LogP) is 3.34. The smallest absolute Gasteiger partial charge is 0.251 e. The minimum Gasteiger partial charge on any atom is -0.341 e. The lowest BCUT2D eigenvalue weighted by molar-refractivity contribution is -0.133. The summed E-state index contributed by atoms with van der Waals surface area (Å²) in [4.78, 5) is 30.3. The van der Waals surface area contributed by atoms with Gasteiger partial charge in [-0.15, -0.1) is 0 Å². The van der Waals surface area contributed by atoms with Crippen LogP contribution in [0.25, 0.3) is 10.9 Å². The maximum absolute atomic E-state index is 13.0. The summed E-state index contributed by atoms with van der Waals surface area (Å²) in [6.07, 6.45) is 4.72. The number of carbonyl (C=O) groups is 1. The first-order valence-corrected chi connectivity index (χ1v) is 11.1. The van der Waals surface area contributed by atoms with E-state index in [0.29, 0.717) is 6.04 Å². The van der Waals surface area contributed by atoms with E-state index in [4.69, 9.17) is 0 Å². The Labute approximate surface area is 173 Å². The van der Waals surface area contributed by atoms with Crippen molar-refractivity contribution >= 4 is 16.8 Å². The number of hydrogen-bond acceptors (Lipinski definition) is 3. The first-order chi connectivity index (χ1) is 13.9. The van der Waals surface area contributed by atoms with E-state index in [1.807, 2.05) is 36.9 Å². The van der Waals surface area contributed by atoms with Crippen LogP contribution < -0.4 is 5.56 Å². The summed E-state index contributed by atoms with van der Waals surface area (Å²) in [5.41, 5.74) is 2.81. The van der Waals surface area contributed by atoms with Gasteiger partial charge in [0.2, 0.25) is 5.91 Å². The van der Waals surface area contributed by atoms with Gasteiger partial charge in [0.15, 0.2) is 0 Å². The van der Waals surface area contributed by atoms with Crippen molar-refractivity contribution in [1.29, 1.82) is 0 Å². The highest BCUT2D eigenvalue weighted by molar-refractivity contribution is 5.87. The second-order valence-electron chi connectivity index (χ2n) is 9.08. The molecule has 5 heteroatoms. The molecule has 1 aromatic heterocycles. The standard InChI is InChI=1S/C24H33N3O2/c1-17-6-5-11-26(15-17)20-9-12-25(13-10-20)23(29)16-27-22(28)14-19(3)21-8-4-7-18(2)24(21)27/h4,7-8,14,17,20H,5-6,9-13,15-16H2,1-3H3. The molecule has 1 unspecified atom stereocenters. The molecule has 156 valence electrons. The van der Waals surface area contributed by atoms with Crippen LogP contribution in [0.4, 0.5) is 0 Å². The number of para-hydroxylation sites is 1. The van der Waals surface area contributed by atoms with Crippen LogP contribution in [0.3, 0.4) is 0 Å². The fourth-order valence-electron chi connectivity index (χ4n) is 5.22. The van der Waals surface area contributed by atoms with Crippen molar-refractivity contribution in [3.8, 4) is 0 Å². The van der Waals surface area contributed by atoms with Crippen LogP contribution in [0.15, 0.2) is 29.1 Å². The second-order valence-corrected chi connectivity index (χ2v) is 9.08. The van der Waals surface area contributed by atoms with Gasteiger partial charge in [-0.2, -0.15) is 0 Å². The highest BCUT2D eigenvalue weighted by Crippen LogP contribution is 2.24. The fourth-order valence-corrected chi connectivity index (χ4v) is 5.22. The molecule has 1 atom stereocenters. The van der Waals surface area contributed by atoms with E-state index < -0.39 is 0 Å². The van der Waals surface area contributed by atoms with Gasteiger partial charge in [-0.05, 0) is 63.1 Å². The molecular weight excluding hydrogens is 362 g/mol. The maximum Gasteiger partial charge on any atom is 0.251 e. The molecule has 2 aromatic rings. The minimum absolute atomic E-state index is 0.0611. The third-order valence-electron chi connectivity index (χ3n) is 6.85. The van der Waals surface area contributed by atoms with Crippen LogP contribution >= 0.6 is 0 Å². The number of piperidine rings is 2. The van der Waals surface area contributed by atoms with Gasteiger partial charge in [0.25, 0.3) is 5.56 Å². The van der Waals surface area contributed by atoms with Crippen LogP contribution in [-0.4, -0.2) is 52.5 Å². The molecule has 0 N–H and O–H groups in total. The monoisotopic (exact) mass is 395 g/mol. The molecule has 0 spiro atoms. The molecule has 29 heavy (non-hydrogen) atoms. The number of aromatic nitrogens is 1. The summed E-state index contributed by atoms with van der Waals surface area (Å²) >= 11 is 0. The Hall–Kier alpha value is -2.14. The number of amides is 1. The molecule has 2 saturated heterocycles. The Kier molecular flexibility index (Phi) is 5.77. The Bertz CT molecular complexity index is 956. The Morgan fingerprint density at radius 2 is 1.83 bits per heavy atom. The van der Waals surface area contributed by atoms with E-state index in [1.54, 1.807) is 10.6 Å². The third-order valence-corrected chi connectivity index (χ3v) is 6.85. The summed E-state index contributed by atoms with van der Waals surface area (Å²) < 4.78 is 1.67. The topological polar surface area (TPSA) is 45.6 Å². The SMILES string of the molecule is Cc1cc(=O)n(CC(=O)N2CCC(N3CCCC(C)C3)CC2)c2c(C)cccc12. The molecule has 2 aliphatic heterocycles. The number of carbonyl (C=O) groups excluding carboxylic acids is 1. The summed E-state index contributed by atoms with van der Waals surface area (Å²) in [5.74, 6) is 0.847. The third kappa shape index (κ3) is 4.11. The van der Waals surface area contributed by atoms with E-state index in [1.165, 1.54) is 25.9 Å². The van der Waals surface area contributed by atoms with Crippen molar-refractivity contribution in [3.63, 3.8) is 0 Å². The molecule has 3 heterocycles. The summed E-state index contributed by atoms with van der Waals surface area (Å²) in [5, 5.41) is 1.05. The number of hydrogen-bond donors (Lipinski definition) is 0. The molecule has 2 aliphatic rings. The summed E-state index contributed by atoms with van der Waals surface area (Å²) in [6.45, 7) is 10.4. The first-order valence-electron chi connectivity index (χ1n) is 11.1. The Balaban J connectivity index is 1.47. The maximum atomic E-state index is 13.0. The van der Waals surface area contributed by atoms with Crippen molar-refractivity contribution in [2.45, 2.75) is 59.0 Å². The minimum atomic E-state index is -0.0881. The van der Waals surface area contributed by atoms with Crippen molar-refractivity contribution in [1.82, 2.24) is 14.4 Å². The molecule has 1 aromatic carbocycles. The zero-order valence-electron chi connectivity index (χ0n) is 18.0. The van der Waals surface area contributed by atoms with Gasteiger partial charge in [-0.3, -0.25) is 19.1 Å². The van der Waals surface area contributed by atoms with Crippen molar-refractivity contribution < 1.29 is 4.79 Å². The van der Waals surface area contributed by atoms with E-state index in [9.17, 15) is 9.59 Å². The fraction of sp³-hybridized carbons (Fsp3) is 0.583. The number of aryl methyl sites for hydroxylation is 2. The zero-order chi connectivity index (χ0) is 20.5. The highest BCUT2D eigenvalue weighted by atomic mass is 16.2.